The molecule has 2 aromatic rings. The number of carbonyl (C=O) groups is 1. The van der Waals surface area contributed by atoms with Crippen LogP contribution < -0.4 is 10.6 Å². The van der Waals surface area contributed by atoms with E-state index in [0.717, 1.165) is 18.7 Å². The summed E-state index contributed by atoms with van der Waals surface area (Å²) in [6.07, 6.45) is 2.61. The number of nitriles is 1. The summed E-state index contributed by atoms with van der Waals surface area (Å²) >= 11 is 0. The van der Waals surface area contributed by atoms with Gasteiger partial charge in [0.2, 0.25) is 0 Å². The molecular weight excluding hydrogens is 264 g/mol. The van der Waals surface area contributed by atoms with Crippen molar-refractivity contribution < 1.29 is 4.79 Å². The molecule has 0 aliphatic carbocycles. The van der Waals surface area contributed by atoms with Crippen LogP contribution in [0.2, 0.25) is 0 Å². The van der Waals surface area contributed by atoms with Crippen LogP contribution in [0.4, 0.5) is 11.4 Å². The van der Waals surface area contributed by atoms with Crippen molar-refractivity contribution in [2.24, 2.45) is 0 Å². The number of nitrogens with zero attached hydrogens (tertiary/aromatic N) is 2. The minimum absolute atomic E-state index is 0.278. The lowest BCUT2D eigenvalue weighted by molar-refractivity contribution is 0.102. The van der Waals surface area contributed by atoms with Crippen molar-refractivity contribution in [3.63, 3.8) is 0 Å². The number of amides is 1. The second-order valence-corrected chi connectivity index (χ2v) is 4.50. The SMILES string of the molecule is CCCNc1ccnc(C(=O)Nc2ccc(C#N)cc2)c1. The van der Waals surface area contributed by atoms with Crippen molar-refractivity contribution in [3.05, 3.63) is 53.9 Å². The Bertz CT molecular complexity index is 659. The number of pyridine rings is 1. The molecule has 5 nitrogen and oxygen atoms in total. The summed E-state index contributed by atoms with van der Waals surface area (Å²) in [7, 11) is 0. The molecule has 1 aromatic heterocycles. The van der Waals surface area contributed by atoms with Crippen LogP contribution in [-0.2, 0) is 0 Å². The van der Waals surface area contributed by atoms with E-state index < -0.39 is 0 Å². The van der Waals surface area contributed by atoms with E-state index in [-0.39, 0.29) is 5.91 Å². The molecule has 2 rings (SSSR count). The van der Waals surface area contributed by atoms with Gasteiger partial charge in [-0.25, -0.2) is 0 Å². The van der Waals surface area contributed by atoms with Gasteiger partial charge in [-0.15, -0.1) is 0 Å². The van der Waals surface area contributed by atoms with Crippen LogP contribution in [0.5, 0.6) is 0 Å². The number of rotatable bonds is 5. The predicted molar refractivity (Wildman–Crippen MR) is 82.1 cm³/mol. The smallest absolute Gasteiger partial charge is 0.274 e. The van der Waals surface area contributed by atoms with Crippen LogP contribution in [0.15, 0.2) is 42.6 Å². The molecule has 21 heavy (non-hydrogen) atoms. The first kappa shape index (κ1) is 14.5. The Kier molecular flexibility index (Phi) is 4.89. The maximum absolute atomic E-state index is 12.1. The zero-order valence-corrected chi connectivity index (χ0v) is 11.8. The number of aromatic nitrogens is 1. The average Bonchev–Trinajstić information content (AvgIpc) is 2.54. The summed E-state index contributed by atoms with van der Waals surface area (Å²) in [5.41, 5.74) is 2.40. The van der Waals surface area contributed by atoms with Crippen LogP contribution in [0.25, 0.3) is 0 Å². The van der Waals surface area contributed by atoms with Gasteiger partial charge in [0.05, 0.1) is 11.6 Å². The number of carbonyl (C=O) groups excluding carboxylic acids is 1. The quantitative estimate of drug-likeness (QED) is 0.882. The van der Waals surface area contributed by atoms with E-state index >= 15 is 0 Å². The fourth-order valence-corrected chi connectivity index (χ4v) is 1.76. The molecule has 1 amide bonds. The van der Waals surface area contributed by atoms with E-state index in [9.17, 15) is 4.79 Å². The largest absolute Gasteiger partial charge is 0.385 e. The Morgan fingerprint density at radius 2 is 2.00 bits per heavy atom. The second-order valence-electron chi connectivity index (χ2n) is 4.50. The highest BCUT2D eigenvalue weighted by molar-refractivity contribution is 6.03. The van der Waals surface area contributed by atoms with Crippen molar-refractivity contribution >= 4 is 17.3 Å². The van der Waals surface area contributed by atoms with Crippen molar-refractivity contribution in [1.82, 2.24) is 4.98 Å². The molecule has 0 aliphatic rings. The topological polar surface area (TPSA) is 77.8 Å². The van der Waals surface area contributed by atoms with Gasteiger partial charge in [-0.1, -0.05) is 6.92 Å². The molecule has 0 saturated heterocycles. The molecule has 0 fully saturated rings. The molecule has 1 heterocycles. The second kappa shape index (κ2) is 7.06. The normalized spacial score (nSPS) is 9.71. The Morgan fingerprint density at radius 3 is 2.67 bits per heavy atom. The number of hydrogen-bond donors (Lipinski definition) is 2. The van der Waals surface area contributed by atoms with Gasteiger partial charge >= 0.3 is 0 Å². The lowest BCUT2D eigenvalue weighted by atomic mass is 10.2. The number of benzene rings is 1. The maximum atomic E-state index is 12.1. The van der Waals surface area contributed by atoms with Crippen LogP contribution in [0.1, 0.15) is 29.4 Å². The third-order valence-electron chi connectivity index (χ3n) is 2.84. The third-order valence-corrected chi connectivity index (χ3v) is 2.84. The van der Waals surface area contributed by atoms with E-state index in [1.165, 1.54) is 0 Å². The molecule has 0 aliphatic heterocycles. The Labute approximate surface area is 123 Å². The molecule has 0 unspecified atom stereocenters. The van der Waals surface area contributed by atoms with E-state index in [0.29, 0.717) is 16.9 Å². The van der Waals surface area contributed by atoms with Crippen LogP contribution in [-0.4, -0.2) is 17.4 Å². The maximum Gasteiger partial charge on any atom is 0.274 e. The zero-order valence-electron chi connectivity index (χ0n) is 11.8. The number of nitrogens with one attached hydrogen (secondary N) is 2. The van der Waals surface area contributed by atoms with Gasteiger partial charge in [0.1, 0.15) is 5.69 Å². The fraction of sp³-hybridized carbons (Fsp3) is 0.188. The summed E-state index contributed by atoms with van der Waals surface area (Å²) in [6.45, 7) is 2.92. The summed E-state index contributed by atoms with van der Waals surface area (Å²) in [5, 5.41) is 14.7. The molecule has 2 N–H and O–H groups in total. The first-order chi connectivity index (χ1) is 10.2. The van der Waals surface area contributed by atoms with E-state index in [2.05, 4.69) is 22.5 Å². The monoisotopic (exact) mass is 280 g/mol. The molecule has 1 aromatic carbocycles. The van der Waals surface area contributed by atoms with Gasteiger partial charge in [-0.2, -0.15) is 5.26 Å². The van der Waals surface area contributed by atoms with Crippen molar-refractivity contribution in [2.45, 2.75) is 13.3 Å². The van der Waals surface area contributed by atoms with Crippen LogP contribution in [0.3, 0.4) is 0 Å². The predicted octanol–water partition coefficient (Wildman–Crippen LogP) is 3.03. The number of hydrogen-bond acceptors (Lipinski definition) is 4. The third kappa shape index (κ3) is 4.05. The lowest BCUT2D eigenvalue weighted by Gasteiger charge is -2.07. The zero-order chi connectivity index (χ0) is 15.1. The van der Waals surface area contributed by atoms with Crippen molar-refractivity contribution in [2.75, 3.05) is 17.2 Å². The minimum Gasteiger partial charge on any atom is -0.385 e. The van der Waals surface area contributed by atoms with Gasteiger partial charge in [0.15, 0.2) is 0 Å². The van der Waals surface area contributed by atoms with E-state index in [1.54, 1.807) is 36.5 Å². The standard InChI is InChI=1S/C16H16N4O/c1-2-8-18-14-7-9-19-15(10-14)16(21)20-13-5-3-12(11-17)4-6-13/h3-7,9-10H,2,8H2,1H3,(H,18,19)(H,20,21). The Morgan fingerprint density at radius 1 is 1.24 bits per heavy atom. The summed E-state index contributed by atoms with van der Waals surface area (Å²) in [6, 6.07) is 12.3. The van der Waals surface area contributed by atoms with Crippen molar-refractivity contribution in [3.8, 4) is 6.07 Å². The van der Waals surface area contributed by atoms with E-state index in [1.807, 2.05) is 12.1 Å². The minimum atomic E-state index is -0.278. The molecule has 0 saturated carbocycles. The summed E-state index contributed by atoms with van der Waals surface area (Å²) < 4.78 is 0. The molecular formula is C16H16N4O. The molecule has 106 valence electrons. The molecule has 5 heteroatoms. The van der Waals surface area contributed by atoms with Crippen molar-refractivity contribution in [1.29, 1.82) is 5.26 Å². The van der Waals surface area contributed by atoms with Crippen LogP contribution in [0, 0.1) is 11.3 Å². The Hall–Kier alpha value is -2.87. The number of anilines is 2. The first-order valence-electron chi connectivity index (χ1n) is 6.74. The molecule has 0 spiro atoms. The Balaban J connectivity index is 2.07. The average molecular weight is 280 g/mol. The summed E-state index contributed by atoms with van der Waals surface area (Å²) in [5.74, 6) is -0.278. The summed E-state index contributed by atoms with van der Waals surface area (Å²) in [4.78, 5) is 16.2. The van der Waals surface area contributed by atoms with Gasteiger partial charge in [-0.05, 0) is 42.8 Å². The fourth-order valence-electron chi connectivity index (χ4n) is 1.76. The first-order valence-corrected chi connectivity index (χ1v) is 6.74. The highest BCUT2D eigenvalue weighted by Gasteiger charge is 2.08. The molecule has 0 radical (unpaired) electrons. The highest BCUT2D eigenvalue weighted by Crippen LogP contribution is 2.12. The lowest BCUT2D eigenvalue weighted by Crippen LogP contribution is -2.14. The van der Waals surface area contributed by atoms with Gasteiger partial charge in [-0.3, -0.25) is 9.78 Å². The van der Waals surface area contributed by atoms with Gasteiger partial charge in [0.25, 0.3) is 5.91 Å². The van der Waals surface area contributed by atoms with E-state index in [4.69, 9.17) is 5.26 Å². The van der Waals surface area contributed by atoms with Gasteiger partial charge < -0.3 is 10.6 Å². The van der Waals surface area contributed by atoms with Crippen LogP contribution >= 0.6 is 0 Å². The highest BCUT2D eigenvalue weighted by atomic mass is 16.1. The molecule has 0 atom stereocenters. The van der Waals surface area contributed by atoms with Gasteiger partial charge in [0, 0.05) is 24.1 Å². The molecule has 0 bridgehead atoms.